The van der Waals surface area contributed by atoms with Gasteiger partial charge in [-0.3, -0.25) is 14.5 Å². The second-order valence-corrected chi connectivity index (χ2v) is 11.4. The van der Waals surface area contributed by atoms with Crippen molar-refractivity contribution in [3.05, 3.63) is 89.0 Å². The van der Waals surface area contributed by atoms with Crippen molar-refractivity contribution in [2.45, 2.75) is 4.90 Å². The van der Waals surface area contributed by atoms with E-state index in [1.807, 2.05) is 18.2 Å². The van der Waals surface area contributed by atoms with Crippen LogP contribution in [0.3, 0.4) is 0 Å². The summed E-state index contributed by atoms with van der Waals surface area (Å²) in [7, 11) is -3.99. The highest BCUT2D eigenvalue weighted by atomic mass is 79.9. The Morgan fingerprint density at radius 3 is 2.69 bits per heavy atom. The number of sulfonamides is 1. The summed E-state index contributed by atoms with van der Waals surface area (Å²) >= 11 is 4.98. The van der Waals surface area contributed by atoms with Gasteiger partial charge in [0, 0.05) is 29.1 Å². The van der Waals surface area contributed by atoms with Crippen molar-refractivity contribution in [1.82, 2.24) is 15.3 Å². The minimum Gasteiger partial charge on any atom is -0.360 e. The minimum atomic E-state index is -3.99. The number of para-hydroxylation sites is 2. The molecule has 8 nitrogen and oxygen atoms in total. The molecule has 182 valence electrons. The monoisotopic (exact) mass is 581 g/mol. The SMILES string of the molecule is O=C(NCCNc1nc2ccc(Br)cc2s1)c1ccccc1NS(=O)(=O)c1cccc2cccnc12. The van der Waals surface area contributed by atoms with Gasteiger partial charge < -0.3 is 10.6 Å². The summed E-state index contributed by atoms with van der Waals surface area (Å²) in [6, 6.07) is 20.9. The third-order valence-corrected chi connectivity index (χ3v) is 8.20. The molecule has 2 aromatic heterocycles. The Bertz CT molecular complexity index is 1680. The zero-order valence-corrected chi connectivity index (χ0v) is 22.0. The Hall–Kier alpha value is -3.54. The van der Waals surface area contributed by atoms with Crippen LogP contribution in [0.15, 0.2) is 88.4 Å². The third kappa shape index (κ3) is 5.18. The molecule has 2 heterocycles. The Kier molecular flexibility index (Phi) is 6.86. The highest BCUT2D eigenvalue weighted by molar-refractivity contribution is 9.10. The molecular formula is C25H20BrN5O3S2. The molecule has 36 heavy (non-hydrogen) atoms. The molecule has 0 saturated carbocycles. The maximum atomic E-state index is 13.2. The standard InChI is InChI=1S/C25H20BrN5O3S2/c26-17-10-11-20-21(15-17)35-25(30-20)29-14-13-28-24(32)18-7-1-2-8-19(18)31-36(33,34)22-9-3-5-16-6-4-12-27-23(16)22/h1-12,15,31H,13-14H2,(H,28,32)(H,29,30). The largest absolute Gasteiger partial charge is 0.360 e. The highest BCUT2D eigenvalue weighted by Crippen LogP contribution is 2.28. The van der Waals surface area contributed by atoms with Crippen LogP contribution in [0.1, 0.15) is 10.4 Å². The summed E-state index contributed by atoms with van der Waals surface area (Å²) < 4.78 is 31.0. The second kappa shape index (κ2) is 10.2. The number of thiazole rings is 1. The summed E-state index contributed by atoms with van der Waals surface area (Å²) in [6.07, 6.45) is 1.55. The number of hydrogen-bond donors (Lipinski definition) is 3. The van der Waals surface area contributed by atoms with E-state index in [9.17, 15) is 13.2 Å². The van der Waals surface area contributed by atoms with Crippen molar-refractivity contribution in [2.24, 2.45) is 0 Å². The number of aromatic nitrogens is 2. The minimum absolute atomic E-state index is 0.0443. The van der Waals surface area contributed by atoms with Gasteiger partial charge in [-0.2, -0.15) is 0 Å². The molecule has 3 aromatic carbocycles. The first-order chi connectivity index (χ1) is 17.4. The molecule has 0 radical (unpaired) electrons. The molecule has 0 aliphatic rings. The van der Waals surface area contributed by atoms with E-state index >= 15 is 0 Å². The lowest BCUT2D eigenvalue weighted by Crippen LogP contribution is -2.29. The molecule has 3 N–H and O–H groups in total. The normalized spacial score (nSPS) is 11.5. The number of carbonyl (C=O) groups excluding carboxylic acids is 1. The smallest absolute Gasteiger partial charge is 0.264 e. The number of benzene rings is 3. The lowest BCUT2D eigenvalue weighted by atomic mass is 10.1. The molecule has 0 bridgehead atoms. The Morgan fingerprint density at radius 2 is 1.81 bits per heavy atom. The fourth-order valence-corrected chi connectivity index (χ4v) is 6.38. The molecule has 0 aliphatic carbocycles. The number of anilines is 2. The molecule has 5 rings (SSSR count). The van der Waals surface area contributed by atoms with Crippen molar-refractivity contribution in [1.29, 1.82) is 0 Å². The van der Waals surface area contributed by atoms with Crippen LogP contribution < -0.4 is 15.4 Å². The van der Waals surface area contributed by atoms with Gasteiger partial charge in [-0.05, 0) is 42.5 Å². The van der Waals surface area contributed by atoms with E-state index in [1.165, 1.54) is 17.4 Å². The molecule has 0 aliphatic heterocycles. The zero-order valence-electron chi connectivity index (χ0n) is 18.7. The first-order valence-corrected chi connectivity index (χ1v) is 14.0. The van der Waals surface area contributed by atoms with Gasteiger partial charge in [-0.25, -0.2) is 13.4 Å². The molecular weight excluding hydrogens is 562 g/mol. The van der Waals surface area contributed by atoms with Gasteiger partial charge in [0.15, 0.2) is 5.13 Å². The Balaban J connectivity index is 1.26. The van der Waals surface area contributed by atoms with E-state index < -0.39 is 10.0 Å². The van der Waals surface area contributed by atoms with Gasteiger partial charge in [0.25, 0.3) is 15.9 Å². The lowest BCUT2D eigenvalue weighted by Gasteiger charge is -2.14. The summed E-state index contributed by atoms with van der Waals surface area (Å²) in [4.78, 5) is 21.7. The van der Waals surface area contributed by atoms with Crippen molar-refractivity contribution < 1.29 is 13.2 Å². The van der Waals surface area contributed by atoms with E-state index in [0.29, 0.717) is 24.0 Å². The number of carbonyl (C=O) groups is 1. The van der Waals surface area contributed by atoms with Crippen molar-refractivity contribution in [3.8, 4) is 0 Å². The van der Waals surface area contributed by atoms with Gasteiger partial charge in [0.1, 0.15) is 4.90 Å². The van der Waals surface area contributed by atoms with Gasteiger partial charge in [0.05, 0.1) is 27.0 Å². The van der Waals surface area contributed by atoms with Crippen LogP contribution in [0.5, 0.6) is 0 Å². The zero-order chi connectivity index (χ0) is 25.1. The van der Waals surface area contributed by atoms with E-state index in [2.05, 4.69) is 41.3 Å². The van der Waals surface area contributed by atoms with Crippen LogP contribution in [0, 0.1) is 0 Å². The average molecular weight is 583 g/mol. The number of halogens is 1. The van der Waals surface area contributed by atoms with E-state index in [0.717, 1.165) is 19.8 Å². The number of hydrogen-bond acceptors (Lipinski definition) is 7. The fourth-order valence-electron chi connectivity index (χ4n) is 3.68. The molecule has 0 fully saturated rings. The Morgan fingerprint density at radius 1 is 0.972 bits per heavy atom. The first kappa shape index (κ1) is 24.2. The van der Waals surface area contributed by atoms with Crippen LogP contribution in [0.4, 0.5) is 10.8 Å². The predicted molar refractivity (Wildman–Crippen MR) is 147 cm³/mol. The lowest BCUT2D eigenvalue weighted by molar-refractivity contribution is 0.0956. The van der Waals surface area contributed by atoms with Crippen LogP contribution in [-0.4, -0.2) is 37.4 Å². The third-order valence-electron chi connectivity index (χ3n) is 5.34. The average Bonchev–Trinajstić information content (AvgIpc) is 3.28. The van der Waals surface area contributed by atoms with Crippen molar-refractivity contribution in [2.75, 3.05) is 23.1 Å². The van der Waals surface area contributed by atoms with Crippen molar-refractivity contribution in [3.63, 3.8) is 0 Å². The molecule has 0 saturated heterocycles. The van der Waals surface area contributed by atoms with Gasteiger partial charge in [-0.1, -0.05) is 57.6 Å². The van der Waals surface area contributed by atoms with Gasteiger partial charge in [-0.15, -0.1) is 0 Å². The summed E-state index contributed by atoms with van der Waals surface area (Å²) in [6.45, 7) is 0.787. The summed E-state index contributed by atoms with van der Waals surface area (Å²) in [5.41, 5.74) is 1.67. The summed E-state index contributed by atoms with van der Waals surface area (Å²) in [5.74, 6) is -0.389. The van der Waals surface area contributed by atoms with Gasteiger partial charge in [0.2, 0.25) is 0 Å². The first-order valence-electron chi connectivity index (χ1n) is 10.9. The maximum absolute atomic E-state index is 13.2. The number of nitrogens with zero attached hydrogens (tertiary/aromatic N) is 2. The second-order valence-electron chi connectivity index (χ2n) is 7.80. The Labute approximate surface area is 220 Å². The van der Waals surface area contributed by atoms with E-state index in [4.69, 9.17) is 0 Å². The van der Waals surface area contributed by atoms with Crippen LogP contribution in [0.25, 0.3) is 21.1 Å². The molecule has 5 aromatic rings. The van der Waals surface area contributed by atoms with Crippen LogP contribution in [0.2, 0.25) is 0 Å². The van der Waals surface area contributed by atoms with Crippen molar-refractivity contribution >= 4 is 75.1 Å². The van der Waals surface area contributed by atoms with E-state index in [-0.39, 0.29) is 22.1 Å². The molecule has 0 atom stereocenters. The molecule has 1 amide bonds. The van der Waals surface area contributed by atoms with Crippen LogP contribution in [-0.2, 0) is 10.0 Å². The number of pyridine rings is 1. The number of rotatable bonds is 8. The summed E-state index contributed by atoms with van der Waals surface area (Å²) in [5, 5.41) is 7.51. The number of nitrogens with one attached hydrogen (secondary N) is 3. The molecule has 11 heteroatoms. The van der Waals surface area contributed by atoms with Crippen LogP contribution >= 0.6 is 27.3 Å². The predicted octanol–water partition coefficient (Wildman–Crippen LogP) is 5.25. The quantitative estimate of drug-likeness (QED) is 0.216. The topological polar surface area (TPSA) is 113 Å². The molecule has 0 spiro atoms. The maximum Gasteiger partial charge on any atom is 0.264 e. The number of amides is 1. The van der Waals surface area contributed by atoms with Gasteiger partial charge >= 0.3 is 0 Å². The van der Waals surface area contributed by atoms with E-state index in [1.54, 1.807) is 54.7 Å². The highest BCUT2D eigenvalue weighted by Gasteiger charge is 2.21. The number of fused-ring (bicyclic) bond motifs is 2. The molecule has 0 unspecified atom stereocenters. The fraction of sp³-hybridized carbons (Fsp3) is 0.0800.